The van der Waals surface area contributed by atoms with Gasteiger partial charge in [0, 0.05) is 11.9 Å². The summed E-state index contributed by atoms with van der Waals surface area (Å²) in [4.78, 5) is 9.68. The molecule has 0 aliphatic rings. The summed E-state index contributed by atoms with van der Waals surface area (Å²) in [5.74, 6) is -0.0829. The van der Waals surface area contributed by atoms with Crippen molar-refractivity contribution >= 4 is 17.3 Å². The maximum atomic E-state index is 13.2. The summed E-state index contributed by atoms with van der Waals surface area (Å²) in [7, 11) is 0. The summed E-state index contributed by atoms with van der Waals surface area (Å²) in [6.45, 7) is 0. The Morgan fingerprint density at radius 1 is 1.50 bits per heavy atom. The number of rotatable bonds is 4. The molecule has 0 heterocycles. The number of alkyl halides is 1. The minimum Gasteiger partial charge on any atom is -0.258 e. The average Bonchev–Trinajstić information content (AvgIpc) is 2.15. The first-order valence-electron chi connectivity index (χ1n) is 4.14. The van der Waals surface area contributed by atoms with E-state index in [-0.39, 0.29) is 5.69 Å². The van der Waals surface area contributed by atoms with Crippen molar-refractivity contribution in [2.45, 2.75) is 12.8 Å². The molecule has 0 spiro atoms. The summed E-state index contributed by atoms with van der Waals surface area (Å²) in [6, 6.07) is 3.66. The Bertz CT molecular complexity index is 344. The van der Waals surface area contributed by atoms with Crippen molar-refractivity contribution in [3.8, 4) is 0 Å². The normalized spacial score (nSPS) is 10.1. The van der Waals surface area contributed by atoms with Crippen LogP contribution in [0.25, 0.3) is 0 Å². The molecule has 0 saturated heterocycles. The molecule has 1 rings (SSSR count). The molecule has 0 radical (unpaired) electrons. The van der Waals surface area contributed by atoms with Crippen LogP contribution in [-0.2, 0) is 6.42 Å². The van der Waals surface area contributed by atoms with E-state index in [1.165, 1.54) is 12.1 Å². The molecule has 0 amide bonds. The van der Waals surface area contributed by atoms with Crippen LogP contribution in [0.15, 0.2) is 18.2 Å². The van der Waals surface area contributed by atoms with Crippen LogP contribution in [0.2, 0.25) is 0 Å². The van der Waals surface area contributed by atoms with E-state index in [0.29, 0.717) is 24.3 Å². The van der Waals surface area contributed by atoms with Gasteiger partial charge in [-0.1, -0.05) is 0 Å². The van der Waals surface area contributed by atoms with Gasteiger partial charge in [-0.05, 0) is 24.5 Å². The SMILES string of the molecule is O=[N+]([O-])c1ccc(CCCCl)c(F)c1. The van der Waals surface area contributed by atoms with Crippen LogP contribution in [0.4, 0.5) is 10.1 Å². The van der Waals surface area contributed by atoms with Gasteiger partial charge in [0.1, 0.15) is 5.82 Å². The second kappa shape index (κ2) is 4.91. The number of halogens is 2. The molecule has 0 aliphatic heterocycles. The predicted molar refractivity (Wildman–Crippen MR) is 52.1 cm³/mol. The third-order valence-electron chi connectivity index (χ3n) is 1.83. The lowest BCUT2D eigenvalue weighted by Gasteiger charge is -2.00. The highest BCUT2D eigenvalue weighted by atomic mass is 35.5. The molecule has 5 heteroatoms. The highest BCUT2D eigenvalue weighted by Crippen LogP contribution is 2.17. The lowest BCUT2D eigenvalue weighted by atomic mass is 10.1. The molecule has 3 nitrogen and oxygen atoms in total. The lowest BCUT2D eigenvalue weighted by molar-refractivity contribution is -0.385. The Labute approximate surface area is 85.6 Å². The monoisotopic (exact) mass is 217 g/mol. The second-order valence-electron chi connectivity index (χ2n) is 2.83. The van der Waals surface area contributed by atoms with E-state index in [0.717, 1.165) is 6.07 Å². The first kappa shape index (κ1) is 10.9. The van der Waals surface area contributed by atoms with Gasteiger partial charge in [0.05, 0.1) is 11.0 Å². The van der Waals surface area contributed by atoms with E-state index >= 15 is 0 Å². The molecule has 76 valence electrons. The molecule has 0 saturated carbocycles. The largest absolute Gasteiger partial charge is 0.272 e. The molecule has 0 unspecified atom stereocenters. The number of non-ortho nitro benzene ring substituents is 1. The number of nitro benzene ring substituents is 1. The third-order valence-corrected chi connectivity index (χ3v) is 2.09. The second-order valence-corrected chi connectivity index (χ2v) is 3.20. The van der Waals surface area contributed by atoms with Crippen LogP contribution >= 0.6 is 11.6 Å². The Morgan fingerprint density at radius 3 is 2.71 bits per heavy atom. The van der Waals surface area contributed by atoms with Gasteiger partial charge >= 0.3 is 0 Å². The van der Waals surface area contributed by atoms with Gasteiger partial charge in [-0.25, -0.2) is 4.39 Å². The zero-order chi connectivity index (χ0) is 10.6. The summed E-state index contributed by atoms with van der Waals surface area (Å²) in [5.41, 5.74) is 0.244. The fourth-order valence-electron chi connectivity index (χ4n) is 1.11. The summed E-state index contributed by atoms with van der Waals surface area (Å²) in [5, 5.41) is 10.3. The average molecular weight is 218 g/mol. The molecule has 0 bridgehead atoms. The van der Waals surface area contributed by atoms with Crippen LogP contribution in [0, 0.1) is 15.9 Å². The summed E-state index contributed by atoms with van der Waals surface area (Å²) < 4.78 is 13.2. The van der Waals surface area contributed by atoms with Gasteiger partial charge in [0.2, 0.25) is 0 Å². The highest BCUT2D eigenvalue weighted by Gasteiger charge is 2.09. The molecule has 0 fully saturated rings. The standard InChI is InChI=1S/C9H9ClFNO2/c10-5-1-2-7-3-4-8(12(13)14)6-9(7)11/h3-4,6H,1-2,5H2. The van der Waals surface area contributed by atoms with E-state index in [1.54, 1.807) is 0 Å². The zero-order valence-electron chi connectivity index (χ0n) is 7.37. The van der Waals surface area contributed by atoms with E-state index in [9.17, 15) is 14.5 Å². The first-order chi connectivity index (χ1) is 6.65. The maximum Gasteiger partial charge on any atom is 0.272 e. The minimum absolute atomic E-state index is 0.225. The van der Waals surface area contributed by atoms with Gasteiger partial charge in [0.15, 0.2) is 0 Å². The van der Waals surface area contributed by atoms with E-state index < -0.39 is 10.7 Å². The third kappa shape index (κ3) is 2.67. The first-order valence-corrected chi connectivity index (χ1v) is 4.67. The number of benzene rings is 1. The van der Waals surface area contributed by atoms with Crippen LogP contribution in [0.5, 0.6) is 0 Å². The molecule has 1 aromatic carbocycles. The maximum absolute atomic E-state index is 13.2. The topological polar surface area (TPSA) is 43.1 Å². The van der Waals surface area contributed by atoms with Crippen molar-refractivity contribution in [2.24, 2.45) is 0 Å². The molecular formula is C9H9ClFNO2. The van der Waals surface area contributed by atoms with E-state index in [4.69, 9.17) is 11.6 Å². The van der Waals surface area contributed by atoms with Gasteiger partial charge in [-0.3, -0.25) is 10.1 Å². The van der Waals surface area contributed by atoms with Crippen molar-refractivity contribution in [1.82, 2.24) is 0 Å². The molecular weight excluding hydrogens is 209 g/mol. The molecule has 0 aliphatic carbocycles. The Balaban J connectivity index is 2.84. The fraction of sp³-hybridized carbons (Fsp3) is 0.333. The summed E-state index contributed by atoms with van der Waals surface area (Å²) >= 11 is 5.45. The van der Waals surface area contributed by atoms with Gasteiger partial charge < -0.3 is 0 Å². The molecule has 0 atom stereocenters. The zero-order valence-corrected chi connectivity index (χ0v) is 8.13. The quantitative estimate of drug-likeness (QED) is 0.442. The number of aryl methyl sites for hydroxylation is 1. The van der Waals surface area contributed by atoms with E-state index in [1.807, 2.05) is 0 Å². The van der Waals surface area contributed by atoms with Crippen molar-refractivity contribution in [2.75, 3.05) is 5.88 Å². The van der Waals surface area contributed by atoms with Crippen molar-refractivity contribution in [3.05, 3.63) is 39.7 Å². The molecule has 0 N–H and O–H groups in total. The number of hydrogen-bond donors (Lipinski definition) is 0. The van der Waals surface area contributed by atoms with Crippen LogP contribution in [0.1, 0.15) is 12.0 Å². The summed E-state index contributed by atoms with van der Waals surface area (Å²) in [6.07, 6.45) is 1.17. The van der Waals surface area contributed by atoms with Gasteiger partial charge in [-0.15, -0.1) is 11.6 Å². The Morgan fingerprint density at radius 2 is 2.21 bits per heavy atom. The number of hydrogen-bond acceptors (Lipinski definition) is 2. The van der Waals surface area contributed by atoms with Crippen LogP contribution in [0.3, 0.4) is 0 Å². The van der Waals surface area contributed by atoms with Crippen molar-refractivity contribution in [3.63, 3.8) is 0 Å². The van der Waals surface area contributed by atoms with Gasteiger partial charge in [-0.2, -0.15) is 0 Å². The predicted octanol–water partition coefficient (Wildman–Crippen LogP) is 2.91. The molecule has 14 heavy (non-hydrogen) atoms. The van der Waals surface area contributed by atoms with Crippen LogP contribution in [-0.4, -0.2) is 10.8 Å². The Hall–Kier alpha value is -1.16. The van der Waals surface area contributed by atoms with Crippen molar-refractivity contribution in [1.29, 1.82) is 0 Å². The lowest BCUT2D eigenvalue weighted by Crippen LogP contribution is -1.94. The minimum atomic E-state index is -0.617. The Kier molecular flexibility index (Phi) is 3.83. The van der Waals surface area contributed by atoms with Gasteiger partial charge in [0.25, 0.3) is 5.69 Å². The highest BCUT2D eigenvalue weighted by molar-refractivity contribution is 6.17. The number of nitro groups is 1. The van der Waals surface area contributed by atoms with Crippen molar-refractivity contribution < 1.29 is 9.31 Å². The number of nitrogens with zero attached hydrogens (tertiary/aromatic N) is 1. The molecule has 1 aromatic rings. The van der Waals surface area contributed by atoms with E-state index in [2.05, 4.69) is 0 Å². The molecule has 0 aromatic heterocycles. The fourth-order valence-corrected chi connectivity index (χ4v) is 1.24. The van der Waals surface area contributed by atoms with Crippen LogP contribution < -0.4 is 0 Å². The smallest absolute Gasteiger partial charge is 0.258 e.